The van der Waals surface area contributed by atoms with Crippen LogP contribution in [0.25, 0.3) is 0 Å². The van der Waals surface area contributed by atoms with Crippen LogP contribution >= 0.6 is 12.6 Å². The summed E-state index contributed by atoms with van der Waals surface area (Å²) >= 11 is 4.10. The third-order valence-corrected chi connectivity index (χ3v) is 4.74. The van der Waals surface area contributed by atoms with Gasteiger partial charge in [0.15, 0.2) is 0 Å². The number of nitrogens with two attached hydrogens (primary N) is 1. The van der Waals surface area contributed by atoms with Gasteiger partial charge >= 0.3 is 5.97 Å². The van der Waals surface area contributed by atoms with Crippen molar-refractivity contribution in [1.82, 2.24) is 16.0 Å². The second-order valence-corrected chi connectivity index (χ2v) is 7.72. The van der Waals surface area contributed by atoms with Crippen LogP contribution in [-0.2, 0) is 25.6 Å². The molecule has 30 heavy (non-hydrogen) atoms. The molecule has 1 rings (SSSR count). The SMILES string of the molecule is CC(N)C(=O)NC(Cc1ccccc1)C(=O)NC(CS)C(=O)NC(C(=O)O)C(C)C. The van der Waals surface area contributed by atoms with E-state index in [1.54, 1.807) is 38.1 Å². The van der Waals surface area contributed by atoms with E-state index in [1.165, 1.54) is 6.92 Å². The van der Waals surface area contributed by atoms with E-state index in [2.05, 4.69) is 28.6 Å². The minimum atomic E-state index is -1.17. The van der Waals surface area contributed by atoms with Crippen molar-refractivity contribution < 1.29 is 24.3 Å². The topological polar surface area (TPSA) is 151 Å². The molecular formula is C20H30N4O5S. The van der Waals surface area contributed by atoms with E-state index in [-0.39, 0.29) is 18.1 Å². The van der Waals surface area contributed by atoms with Crippen molar-refractivity contribution in [3.05, 3.63) is 35.9 Å². The highest BCUT2D eigenvalue weighted by Crippen LogP contribution is 2.06. The van der Waals surface area contributed by atoms with Crippen molar-refractivity contribution in [3.8, 4) is 0 Å². The summed E-state index contributed by atoms with van der Waals surface area (Å²) in [6.45, 7) is 4.81. The summed E-state index contributed by atoms with van der Waals surface area (Å²) < 4.78 is 0. The second kappa shape index (κ2) is 12.2. The van der Waals surface area contributed by atoms with E-state index < -0.39 is 47.9 Å². The molecule has 166 valence electrons. The van der Waals surface area contributed by atoms with Crippen LogP contribution in [0.15, 0.2) is 30.3 Å². The lowest BCUT2D eigenvalue weighted by molar-refractivity contribution is -0.143. The van der Waals surface area contributed by atoms with Crippen LogP contribution in [0.1, 0.15) is 26.3 Å². The Bertz CT molecular complexity index is 742. The zero-order valence-electron chi connectivity index (χ0n) is 17.3. The van der Waals surface area contributed by atoms with Crippen LogP contribution in [0.4, 0.5) is 0 Å². The molecule has 9 nitrogen and oxygen atoms in total. The van der Waals surface area contributed by atoms with Gasteiger partial charge in [-0.25, -0.2) is 4.79 Å². The quantitative estimate of drug-likeness (QED) is 0.261. The number of carbonyl (C=O) groups is 4. The first-order valence-corrected chi connectivity index (χ1v) is 10.2. The summed E-state index contributed by atoms with van der Waals surface area (Å²) in [7, 11) is 0. The van der Waals surface area contributed by atoms with Crippen molar-refractivity contribution >= 4 is 36.3 Å². The Morgan fingerprint density at radius 2 is 1.47 bits per heavy atom. The van der Waals surface area contributed by atoms with Gasteiger partial charge in [0.25, 0.3) is 0 Å². The lowest BCUT2D eigenvalue weighted by Crippen LogP contribution is -2.58. The maximum Gasteiger partial charge on any atom is 0.326 e. The number of amides is 3. The van der Waals surface area contributed by atoms with E-state index in [0.29, 0.717) is 0 Å². The zero-order valence-corrected chi connectivity index (χ0v) is 18.2. The number of thiol groups is 1. The van der Waals surface area contributed by atoms with Gasteiger partial charge in [-0.15, -0.1) is 0 Å². The predicted octanol–water partition coefficient (Wildman–Crippen LogP) is -0.299. The molecule has 0 aliphatic heterocycles. The van der Waals surface area contributed by atoms with Gasteiger partial charge in [0.1, 0.15) is 18.1 Å². The zero-order chi connectivity index (χ0) is 22.8. The lowest BCUT2D eigenvalue weighted by atomic mass is 10.0. The summed E-state index contributed by atoms with van der Waals surface area (Å²) in [6, 6.07) is 5.08. The number of nitrogens with one attached hydrogen (secondary N) is 3. The molecule has 0 spiro atoms. The highest BCUT2D eigenvalue weighted by Gasteiger charge is 2.30. The minimum absolute atomic E-state index is 0.0543. The number of rotatable bonds is 11. The van der Waals surface area contributed by atoms with Crippen LogP contribution in [0.2, 0.25) is 0 Å². The smallest absolute Gasteiger partial charge is 0.326 e. The number of benzene rings is 1. The van der Waals surface area contributed by atoms with E-state index in [1.807, 2.05) is 6.07 Å². The fourth-order valence-corrected chi connectivity index (χ4v) is 2.85. The Balaban J connectivity index is 2.93. The fourth-order valence-electron chi connectivity index (χ4n) is 2.60. The summed E-state index contributed by atoms with van der Waals surface area (Å²) in [4.78, 5) is 48.7. The number of carboxylic acids is 1. The van der Waals surface area contributed by atoms with Crippen molar-refractivity contribution in [2.24, 2.45) is 11.7 Å². The predicted molar refractivity (Wildman–Crippen MR) is 116 cm³/mol. The largest absolute Gasteiger partial charge is 0.480 e. The van der Waals surface area contributed by atoms with Gasteiger partial charge in [0.05, 0.1) is 6.04 Å². The molecule has 6 N–H and O–H groups in total. The Labute approximate surface area is 181 Å². The van der Waals surface area contributed by atoms with E-state index in [0.717, 1.165) is 5.56 Å². The molecule has 0 aliphatic carbocycles. The van der Waals surface area contributed by atoms with Crippen molar-refractivity contribution in [2.75, 3.05) is 5.75 Å². The first kappa shape index (κ1) is 25.4. The number of hydrogen-bond donors (Lipinski definition) is 6. The molecule has 0 heterocycles. The average Bonchev–Trinajstić information content (AvgIpc) is 2.69. The van der Waals surface area contributed by atoms with Crippen molar-refractivity contribution in [2.45, 2.75) is 51.4 Å². The van der Waals surface area contributed by atoms with Crippen LogP contribution in [0, 0.1) is 5.92 Å². The van der Waals surface area contributed by atoms with Gasteiger partial charge in [-0.05, 0) is 18.4 Å². The van der Waals surface area contributed by atoms with Crippen LogP contribution < -0.4 is 21.7 Å². The molecule has 4 atom stereocenters. The normalized spacial score (nSPS) is 14.9. The van der Waals surface area contributed by atoms with Crippen LogP contribution in [-0.4, -0.2) is 58.7 Å². The third-order valence-electron chi connectivity index (χ3n) is 4.38. The molecule has 4 unspecified atom stereocenters. The molecule has 0 aliphatic rings. The van der Waals surface area contributed by atoms with Gasteiger partial charge in [-0.2, -0.15) is 12.6 Å². The molecule has 0 bridgehead atoms. The second-order valence-electron chi connectivity index (χ2n) is 7.35. The molecule has 0 radical (unpaired) electrons. The summed E-state index contributed by atoms with van der Waals surface area (Å²) in [6.07, 6.45) is 0.190. The molecule has 0 fully saturated rings. The highest BCUT2D eigenvalue weighted by molar-refractivity contribution is 7.80. The first-order valence-electron chi connectivity index (χ1n) is 9.61. The molecular weight excluding hydrogens is 408 g/mol. The summed E-state index contributed by atoms with van der Waals surface area (Å²) in [5.74, 6) is -3.35. The van der Waals surface area contributed by atoms with E-state index in [4.69, 9.17) is 5.73 Å². The highest BCUT2D eigenvalue weighted by atomic mass is 32.1. The van der Waals surface area contributed by atoms with Crippen molar-refractivity contribution in [3.63, 3.8) is 0 Å². The number of carboxylic acid groups (broad SMARTS) is 1. The number of aliphatic carboxylic acids is 1. The maximum atomic E-state index is 12.8. The third kappa shape index (κ3) is 8.03. The molecule has 1 aromatic carbocycles. The van der Waals surface area contributed by atoms with Crippen molar-refractivity contribution in [1.29, 1.82) is 0 Å². The lowest BCUT2D eigenvalue weighted by Gasteiger charge is -2.25. The molecule has 10 heteroatoms. The van der Waals surface area contributed by atoms with Gasteiger partial charge in [-0.1, -0.05) is 44.2 Å². The number of hydrogen-bond acceptors (Lipinski definition) is 6. The van der Waals surface area contributed by atoms with Gasteiger partial charge in [0.2, 0.25) is 17.7 Å². The summed E-state index contributed by atoms with van der Waals surface area (Å²) in [5.41, 5.74) is 6.39. The van der Waals surface area contributed by atoms with Gasteiger partial charge in [0, 0.05) is 12.2 Å². The molecule has 0 saturated carbocycles. The van der Waals surface area contributed by atoms with Gasteiger partial charge in [-0.3, -0.25) is 14.4 Å². The Hall–Kier alpha value is -2.59. The molecule has 3 amide bonds. The van der Waals surface area contributed by atoms with E-state index in [9.17, 15) is 24.3 Å². The average molecular weight is 439 g/mol. The fraction of sp³-hybridized carbons (Fsp3) is 0.500. The standard InChI is InChI=1S/C20H30N4O5S/c1-11(2)16(20(28)29)24-19(27)15(10-30)23-18(26)14(22-17(25)12(3)21)9-13-7-5-4-6-8-13/h4-8,11-12,14-16,30H,9-10,21H2,1-3H3,(H,22,25)(H,23,26)(H,24,27)(H,28,29). The Kier molecular flexibility index (Phi) is 10.3. The molecule has 1 aromatic rings. The van der Waals surface area contributed by atoms with Crippen LogP contribution in [0.5, 0.6) is 0 Å². The Morgan fingerprint density at radius 3 is 1.93 bits per heavy atom. The Morgan fingerprint density at radius 1 is 0.933 bits per heavy atom. The minimum Gasteiger partial charge on any atom is -0.480 e. The molecule has 0 saturated heterocycles. The molecule has 0 aromatic heterocycles. The maximum absolute atomic E-state index is 12.8. The van der Waals surface area contributed by atoms with Gasteiger partial charge < -0.3 is 26.8 Å². The summed E-state index contributed by atoms with van der Waals surface area (Å²) in [5, 5.41) is 16.8. The monoisotopic (exact) mass is 438 g/mol. The van der Waals surface area contributed by atoms with Crippen LogP contribution in [0.3, 0.4) is 0 Å². The van der Waals surface area contributed by atoms with E-state index >= 15 is 0 Å². The number of carbonyl (C=O) groups excluding carboxylic acids is 3. The first-order chi connectivity index (χ1) is 14.1.